The molecule has 2 aromatic rings. The van der Waals surface area contributed by atoms with Crippen LogP contribution in [-0.4, -0.2) is 21.3 Å². The summed E-state index contributed by atoms with van der Waals surface area (Å²) in [6.07, 6.45) is -5.00. The first kappa shape index (κ1) is 19.6. The Morgan fingerprint density at radius 3 is 2.21 bits per heavy atom. The fourth-order valence-corrected chi connectivity index (χ4v) is 3.54. The number of alkyl halides is 3. The number of hydrogen-bond donors (Lipinski definition) is 0. The van der Waals surface area contributed by atoms with E-state index in [9.17, 15) is 33.4 Å². The summed E-state index contributed by atoms with van der Waals surface area (Å²) in [6.45, 7) is 0. The Balaban J connectivity index is 2.09. The van der Waals surface area contributed by atoms with Gasteiger partial charge in [-0.2, -0.15) is 24.9 Å². The molecule has 0 fully saturated rings. The molecule has 1 aliphatic rings. The molecule has 2 aromatic carbocycles. The van der Waals surface area contributed by atoms with Crippen LogP contribution in [0, 0.1) is 20.2 Å². The second-order valence-electron chi connectivity index (χ2n) is 5.63. The van der Waals surface area contributed by atoms with E-state index >= 15 is 0 Å². The van der Waals surface area contributed by atoms with Crippen molar-refractivity contribution in [1.82, 2.24) is 0 Å². The van der Waals surface area contributed by atoms with Crippen LogP contribution < -0.4 is 4.84 Å². The van der Waals surface area contributed by atoms with Gasteiger partial charge in [0, 0.05) is 29.2 Å². The molecule has 28 heavy (non-hydrogen) atoms. The highest BCUT2D eigenvalue weighted by atomic mass is 32.2. The zero-order chi connectivity index (χ0) is 20.5. The van der Waals surface area contributed by atoms with Crippen molar-refractivity contribution in [3.63, 3.8) is 0 Å². The Bertz CT molecular complexity index is 959. The fourth-order valence-electron chi connectivity index (χ4n) is 2.57. The summed E-state index contributed by atoms with van der Waals surface area (Å²) in [5.74, 6) is 0.123. The van der Waals surface area contributed by atoms with Gasteiger partial charge in [-0.15, -0.1) is 0 Å². The molecule has 0 unspecified atom stereocenters. The van der Waals surface area contributed by atoms with Gasteiger partial charge in [0.1, 0.15) is 0 Å². The van der Waals surface area contributed by atoms with E-state index in [0.29, 0.717) is 22.8 Å². The molecule has 146 valence electrons. The van der Waals surface area contributed by atoms with Gasteiger partial charge in [0.15, 0.2) is 0 Å². The maximum atomic E-state index is 12.9. The van der Waals surface area contributed by atoms with Crippen molar-refractivity contribution in [2.24, 2.45) is 5.16 Å². The molecule has 0 radical (unpaired) electrons. The average Bonchev–Trinajstić information content (AvgIpc) is 2.64. The highest BCUT2D eigenvalue weighted by Crippen LogP contribution is 2.43. The Kier molecular flexibility index (Phi) is 5.23. The Hall–Kier alpha value is -3.15. The summed E-state index contributed by atoms with van der Waals surface area (Å²) in [7, 11) is 0. The van der Waals surface area contributed by atoms with Crippen molar-refractivity contribution in [3.05, 3.63) is 73.3 Å². The van der Waals surface area contributed by atoms with E-state index in [1.54, 1.807) is 12.1 Å². The van der Waals surface area contributed by atoms with Crippen LogP contribution in [0.3, 0.4) is 0 Å². The molecule has 0 N–H and O–H groups in total. The molecule has 12 heteroatoms. The van der Waals surface area contributed by atoms with Crippen LogP contribution in [0.25, 0.3) is 0 Å². The van der Waals surface area contributed by atoms with Crippen LogP contribution in [-0.2, 0) is 11.9 Å². The van der Waals surface area contributed by atoms with Gasteiger partial charge in [-0.25, -0.2) is 0 Å². The third kappa shape index (κ3) is 3.91. The average molecular weight is 413 g/mol. The quantitative estimate of drug-likeness (QED) is 0.537. The van der Waals surface area contributed by atoms with Crippen LogP contribution in [0.4, 0.5) is 24.5 Å². The number of nitro benzene ring substituents is 2. The van der Waals surface area contributed by atoms with Crippen molar-refractivity contribution in [2.75, 3.05) is 5.75 Å². The maximum Gasteiger partial charge on any atom is 0.416 e. The number of nitrogens with zero attached hydrogens (tertiary/aromatic N) is 3. The van der Waals surface area contributed by atoms with E-state index in [-0.39, 0.29) is 12.1 Å². The number of benzene rings is 2. The SMILES string of the molecule is O=[N+]([O-])c1cc(C(F)(F)F)cc([N+](=O)[O-])c1ON=C1CSCc2ccccc21. The lowest BCUT2D eigenvalue weighted by molar-refractivity contribution is -0.396. The van der Waals surface area contributed by atoms with Gasteiger partial charge < -0.3 is 4.84 Å². The number of rotatable bonds is 4. The predicted octanol–water partition coefficient (Wildman–Crippen LogP) is 4.55. The van der Waals surface area contributed by atoms with Crippen molar-refractivity contribution in [3.8, 4) is 5.75 Å². The third-order valence-electron chi connectivity index (χ3n) is 3.84. The van der Waals surface area contributed by atoms with E-state index in [0.717, 1.165) is 5.56 Å². The van der Waals surface area contributed by atoms with Gasteiger partial charge in [0.25, 0.3) is 0 Å². The zero-order valence-electron chi connectivity index (χ0n) is 13.8. The minimum Gasteiger partial charge on any atom is -0.342 e. The zero-order valence-corrected chi connectivity index (χ0v) is 14.6. The minimum absolute atomic E-state index is 0.187. The fraction of sp³-hybridized carbons (Fsp3) is 0.188. The molecule has 0 atom stereocenters. The highest BCUT2D eigenvalue weighted by molar-refractivity contribution is 7.99. The monoisotopic (exact) mass is 413 g/mol. The molecule has 0 bridgehead atoms. The third-order valence-corrected chi connectivity index (χ3v) is 4.83. The number of halogens is 3. The molecule has 1 heterocycles. The van der Waals surface area contributed by atoms with Crippen LogP contribution in [0.15, 0.2) is 41.6 Å². The van der Waals surface area contributed by atoms with E-state index in [4.69, 9.17) is 4.84 Å². The van der Waals surface area contributed by atoms with Gasteiger partial charge in [0.05, 0.1) is 21.1 Å². The van der Waals surface area contributed by atoms with Crippen molar-refractivity contribution in [2.45, 2.75) is 11.9 Å². The van der Waals surface area contributed by atoms with E-state index in [2.05, 4.69) is 5.16 Å². The number of hydrogen-bond acceptors (Lipinski definition) is 7. The predicted molar refractivity (Wildman–Crippen MR) is 94.5 cm³/mol. The summed E-state index contributed by atoms with van der Waals surface area (Å²) >= 11 is 1.48. The smallest absolute Gasteiger partial charge is 0.342 e. The van der Waals surface area contributed by atoms with Crippen molar-refractivity contribution < 1.29 is 27.9 Å². The Morgan fingerprint density at radius 2 is 1.64 bits per heavy atom. The molecule has 0 aromatic heterocycles. The number of fused-ring (bicyclic) bond motifs is 1. The summed E-state index contributed by atoms with van der Waals surface area (Å²) in [4.78, 5) is 25.0. The molecular weight excluding hydrogens is 403 g/mol. The molecule has 0 amide bonds. The van der Waals surface area contributed by atoms with Crippen LogP contribution in [0.5, 0.6) is 5.75 Å². The normalized spacial score (nSPS) is 15.2. The molecule has 1 aliphatic heterocycles. The van der Waals surface area contributed by atoms with Crippen molar-refractivity contribution in [1.29, 1.82) is 0 Å². The standard InChI is InChI=1S/C16H10F3N3O5S/c17-16(18,19)10-5-13(21(23)24)15(14(6-10)22(25)26)27-20-12-8-28-7-9-3-1-2-4-11(9)12/h1-6H,7-8H2. The second kappa shape index (κ2) is 7.46. The van der Waals surface area contributed by atoms with Gasteiger partial charge in [-0.05, 0) is 5.56 Å². The number of nitro groups is 2. The van der Waals surface area contributed by atoms with Gasteiger partial charge in [0.2, 0.25) is 0 Å². The number of thioether (sulfide) groups is 1. The molecule has 0 saturated heterocycles. The van der Waals surface area contributed by atoms with Gasteiger partial charge in [-0.1, -0.05) is 29.4 Å². The number of oxime groups is 1. The highest BCUT2D eigenvalue weighted by Gasteiger charge is 2.39. The molecule has 8 nitrogen and oxygen atoms in total. The van der Waals surface area contributed by atoms with Crippen LogP contribution in [0.1, 0.15) is 16.7 Å². The van der Waals surface area contributed by atoms with Gasteiger partial charge in [-0.3, -0.25) is 20.2 Å². The largest absolute Gasteiger partial charge is 0.416 e. The topological polar surface area (TPSA) is 108 Å². The lowest BCUT2D eigenvalue weighted by Crippen LogP contribution is -2.14. The summed E-state index contributed by atoms with van der Waals surface area (Å²) in [6, 6.07) is 7.52. The van der Waals surface area contributed by atoms with E-state index in [1.165, 1.54) is 11.8 Å². The first-order valence-corrected chi connectivity index (χ1v) is 8.78. The molecule has 3 rings (SSSR count). The molecule has 0 saturated carbocycles. The summed E-state index contributed by atoms with van der Waals surface area (Å²) in [5.41, 5.74) is -1.90. The lowest BCUT2D eigenvalue weighted by atomic mass is 10.1. The summed E-state index contributed by atoms with van der Waals surface area (Å²) < 4.78 is 38.8. The van der Waals surface area contributed by atoms with E-state index < -0.39 is 38.7 Å². The maximum absolute atomic E-state index is 12.9. The van der Waals surface area contributed by atoms with Crippen LogP contribution in [0.2, 0.25) is 0 Å². The van der Waals surface area contributed by atoms with E-state index in [1.807, 2.05) is 12.1 Å². The molecular formula is C16H10F3N3O5S. The Morgan fingerprint density at radius 1 is 1.04 bits per heavy atom. The molecule has 0 aliphatic carbocycles. The first-order valence-electron chi connectivity index (χ1n) is 7.62. The first-order chi connectivity index (χ1) is 13.2. The summed E-state index contributed by atoms with van der Waals surface area (Å²) in [5, 5.41) is 26.2. The molecule has 0 spiro atoms. The lowest BCUT2D eigenvalue weighted by Gasteiger charge is -2.16. The second-order valence-corrected chi connectivity index (χ2v) is 6.62. The minimum atomic E-state index is -5.00. The van der Waals surface area contributed by atoms with Gasteiger partial charge >= 0.3 is 23.3 Å². The Labute approximate surface area is 159 Å². The van der Waals surface area contributed by atoms with Crippen LogP contribution >= 0.6 is 11.8 Å². The van der Waals surface area contributed by atoms with Crippen molar-refractivity contribution >= 4 is 28.8 Å².